The fraction of sp³-hybridized carbons (Fsp3) is 0.600. The lowest BCUT2D eigenvalue weighted by atomic mass is 10.4. The van der Waals surface area contributed by atoms with Gasteiger partial charge in [-0.05, 0) is 20.3 Å². The number of rotatable bonds is 3. The molecule has 1 aliphatic rings. The number of nitrogens with one attached hydrogen (secondary N) is 1. The van der Waals surface area contributed by atoms with E-state index in [2.05, 4.69) is 10.4 Å². The predicted molar refractivity (Wildman–Crippen MR) is 63.9 cm³/mol. The maximum atomic E-state index is 11.8. The third-order valence-corrected chi connectivity index (χ3v) is 2.98. The van der Waals surface area contributed by atoms with E-state index in [1.165, 1.54) is 4.68 Å². The normalized spacial score (nSPS) is 23.6. The van der Waals surface area contributed by atoms with Crippen LogP contribution in [-0.4, -0.2) is 21.9 Å². The summed E-state index contributed by atoms with van der Waals surface area (Å²) in [5.74, 6) is 0. The van der Waals surface area contributed by atoms with Crippen molar-refractivity contribution < 1.29 is 0 Å². The van der Waals surface area contributed by atoms with Crippen molar-refractivity contribution in [2.45, 2.75) is 38.4 Å². The Bertz CT molecular complexity index is 457. The lowest BCUT2D eigenvalue weighted by molar-refractivity contribution is 0.503. The van der Waals surface area contributed by atoms with Gasteiger partial charge >= 0.3 is 0 Å². The minimum atomic E-state index is -0.268. The Morgan fingerprint density at radius 2 is 2.31 bits per heavy atom. The number of hydrogen-bond donors (Lipinski definition) is 2. The molecule has 1 aliphatic carbocycles. The maximum absolute atomic E-state index is 11.8. The van der Waals surface area contributed by atoms with Crippen LogP contribution in [-0.2, 0) is 0 Å². The van der Waals surface area contributed by atoms with E-state index in [9.17, 15) is 4.79 Å². The Labute approximate surface area is 98.6 Å². The first-order chi connectivity index (χ1) is 7.50. The fourth-order valence-electron chi connectivity index (χ4n) is 1.49. The molecular formula is C10H15ClN4O. The Balaban J connectivity index is 2.28. The van der Waals surface area contributed by atoms with Crippen LogP contribution < -0.4 is 16.6 Å². The summed E-state index contributed by atoms with van der Waals surface area (Å²) >= 11 is 5.99. The molecule has 2 rings (SSSR count). The Morgan fingerprint density at radius 3 is 2.81 bits per heavy atom. The molecule has 0 radical (unpaired) electrons. The second kappa shape index (κ2) is 4.07. The lowest BCUT2D eigenvalue weighted by Crippen LogP contribution is -2.26. The summed E-state index contributed by atoms with van der Waals surface area (Å²) < 4.78 is 1.36. The molecule has 16 heavy (non-hydrogen) atoms. The van der Waals surface area contributed by atoms with Crippen LogP contribution in [0.2, 0.25) is 5.02 Å². The third-order valence-electron chi connectivity index (χ3n) is 2.61. The molecule has 6 heteroatoms. The van der Waals surface area contributed by atoms with Crippen LogP contribution in [0.1, 0.15) is 26.3 Å². The van der Waals surface area contributed by atoms with Gasteiger partial charge in [0.05, 0.1) is 17.9 Å². The van der Waals surface area contributed by atoms with Crippen molar-refractivity contribution in [1.29, 1.82) is 0 Å². The van der Waals surface area contributed by atoms with Crippen LogP contribution >= 0.6 is 11.6 Å². The largest absolute Gasteiger partial charge is 0.378 e. The average molecular weight is 243 g/mol. The molecule has 0 aromatic carbocycles. The van der Waals surface area contributed by atoms with Crippen LogP contribution in [0.5, 0.6) is 0 Å². The standard InChI is InChI=1S/C10H15ClN4O/c1-5(2)15-10(16)9(11)8(4-13-15)14-7-3-6(7)12/h4-7,14H,3,12H2,1-2H3. The Hall–Kier alpha value is -1.07. The van der Waals surface area contributed by atoms with E-state index in [1.807, 2.05) is 13.8 Å². The van der Waals surface area contributed by atoms with Crippen LogP contribution in [0.15, 0.2) is 11.0 Å². The summed E-state index contributed by atoms with van der Waals surface area (Å²) in [6, 6.07) is 0.374. The first kappa shape index (κ1) is 11.4. The van der Waals surface area contributed by atoms with Crippen LogP contribution in [0, 0.1) is 0 Å². The number of halogens is 1. The van der Waals surface area contributed by atoms with E-state index in [0.717, 1.165) is 6.42 Å². The lowest BCUT2D eigenvalue weighted by Gasteiger charge is -2.11. The van der Waals surface area contributed by atoms with E-state index < -0.39 is 0 Å². The fourth-order valence-corrected chi connectivity index (χ4v) is 1.68. The van der Waals surface area contributed by atoms with E-state index in [-0.39, 0.29) is 28.7 Å². The monoisotopic (exact) mass is 242 g/mol. The third kappa shape index (κ3) is 2.05. The van der Waals surface area contributed by atoms with Crippen molar-refractivity contribution in [3.05, 3.63) is 21.6 Å². The molecule has 1 fully saturated rings. The highest BCUT2D eigenvalue weighted by Crippen LogP contribution is 2.26. The smallest absolute Gasteiger partial charge is 0.287 e. The predicted octanol–water partition coefficient (Wildman–Crippen LogP) is 0.989. The number of hydrogen-bond acceptors (Lipinski definition) is 4. The molecule has 1 saturated carbocycles. The molecule has 88 valence electrons. The highest BCUT2D eigenvalue weighted by molar-refractivity contribution is 6.32. The molecule has 0 saturated heterocycles. The SMILES string of the molecule is CC(C)n1ncc(NC2CC2N)c(Cl)c1=O. The van der Waals surface area contributed by atoms with Crippen LogP contribution in [0.3, 0.4) is 0 Å². The van der Waals surface area contributed by atoms with Gasteiger partial charge in [0.2, 0.25) is 0 Å². The summed E-state index contributed by atoms with van der Waals surface area (Å²) in [5.41, 5.74) is 5.97. The summed E-state index contributed by atoms with van der Waals surface area (Å²) in [6.07, 6.45) is 2.48. The van der Waals surface area contributed by atoms with Gasteiger partial charge in [0.25, 0.3) is 5.56 Å². The number of nitrogens with two attached hydrogens (primary N) is 1. The molecule has 5 nitrogen and oxygen atoms in total. The molecule has 0 spiro atoms. The van der Waals surface area contributed by atoms with Crippen molar-refractivity contribution in [3.8, 4) is 0 Å². The second-order valence-electron chi connectivity index (χ2n) is 4.37. The van der Waals surface area contributed by atoms with Gasteiger partial charge in [-0.3, -0.25) is 4.79 Å². The maximum Gasteiger partial charge on any atom is 0.287 e. The molecular weight excluding hydrogens is 228 g/mol. The van der Waals surface area contributed by atoms with Gasteiger partial charge in [-0.15, -0.1) is 0 Å². The first-order valence-corrected chi connectivity index (χ1v) is 5.68. The van der Waals surface area contributed by atoms with Crippen molar-refractivity contribution in [2.75, 3.05) is 5.32 Å². The molecule has 1 aromatic rings. The van der Waals surface area contributed by atoms with E-state index in [1.54, 1.807) is 6.20 Å². The van der Waals surface area contributed by atoms with Gasteiger partial charge in [-0.1, -0.05) is 11.6 Å². The van der Waals surface area contributed by atoms with E-state index >= 15 is 0 Å². The van der Waals surface area contributed by atoms with Gasteiger partial charge in [-0.25, -0.2) is 4.68 Å². The minimum Gasteiger partial charge on any atom is -0.378 e. The molecule has 1 aromatic heterocycles. The highest BCUT2D eigenvalue weighted by Gasteiger charge is 2.34. The Kier molecular flexibility index (Phi) is 2.90. The summed E-state index contributed by atoms with van der Waals surface area (Å²) in [5, 5.41) is 7.35. The summed E-state index contributed by atoms with van der Waals surface area (Å²) in [4.78, 5) is 11.8. The molecule has 0 bridgehead atoms. The minimum absolute atomic E-state index is 0.00207. The molecule has 2 atom stereocenters. The highest BCUT2D eigenvalue weighted by atomic mass is 35.5. The Morgan fingerprint density at radius 1 is 1.69 bits per heavy atom. The zero-order valence-corrected chi connectivity index (χ0v) is 10.0. The molecule has 2 unspecified atom stereocenters. The van der Waals surface area contributed by atoms with Gasteiger partial charge in [-0.2, -0.15) is 5.10 Å². The van der Waals surface area contributed by atoms with Gasteiger partial charge < -0.3 is 11.1 Å². The number of aromatic nitrogens is 2. The van der Waals surface area contributed by atoms with Crippen LogP contribution in [0.4, 0.5) is 5.69 Å². The average Bonchev–Trinajstić information content (AvgIpc) is 2.89. The number of nitrogens with zero attached hydrogens (tertiary/aromatic N) is 2. The summed E-state index contributed by atoms with van der Waals surface area (Å²) in [7, 11) is 0. The second-order valence-corrected chi connectivity index (χ2v) is 4.74. The van der Waals surface area contributed by atoms with Gasteiger partial charge in [0.15, 0.2) is 0 Å². The van der Waals surface area contributed by atoms with Crippen molar-refractivity contribution in [1.82, 2.24) is 9.78 Å². The molecule has 1 heterocycles. The van der Waals surface area contributed by atoms with Gasteiger partial charge in [0.1, 0.15) is 5.02 Å². The zero-order valence-electron chi connectivity index (χ0n) is 9.27. The number of anilines is 1. The first-order valence-electron chi connectivity index (χ1n) is 5.30. The topological polar surface area (TPSA) is 72.9 Å². The van der Waals surface area contributed by atoms with E-state index in [4.69, 9.17) is 17.3 Å². The molecule has 0 aliphatic heterocycles. The zero-order chi connectivity index (χ0) is 11.9. The van der Waals surface area contributed by atoms with Crippen molar-refractivity contribution >= 4 is 17.3 Å². The molecule has 3 N–H and O–H groups in total. The summed E-state index contributed by atoms with van der Waals surface area (Å²) in [6.45, 7) is 3.77. The van der Waals surface area contributed by atoms with Crippen LogP contribution in [0.25, 0.3) is 0 Å². The van der Waals surface area contributed by atoms with E-state index in [0.29, 0.717) is 5.69 Å². The molecule has 0 amide bonds. The van der Waals surface area contributed by atoms with Crippen molar-refractivity contribution in [2.24, 2.45) is 5.73 Å². The quantitative estimate of drug-likeness (QED) is 0.829. The van der Waals surface area contributed by atoms with Gasteiger partial charge in [0, 0.05) is 12.1 Å². The van der Waals surface area contributed by atoms with Crippen molar-refractivity contribution in [3.63, 3.8) is 0 Å².